The van der Waals surface area contributed by atoms with Gasteiger partial charge in [0.25, 0.3) is 0 Å². The fraction of sp³-hybridized carbons (Fsp3) is 0. The van der Waals surface area contributed by atoms with E-state index < -0.39 is 0 Å². The summed E-state index contributed by atoms with van der Waals surface area (Å²) in [7, 11) is 4.09. The third-order valence-corrected chi connectivity index (χ3v) is 0. The topological polar surface area (TPSA) is 0 Å². The van der Waals surface area contributed by atoms with E-state index in [1.54, 1.807) is 0 Å². The molecule has 0 fully saturated rings. The van der Waals surface area contributed by atoms with E-state index in [1.807, 2.05) is 0 Å². The predicted octanol–water partition coefficient (Wildman–Crippen LogP) is 0.643. The van der Waals surface area contributed by atoms with Crippen molar-refractivity contribution in [2.75, 3.05) is 0 Å². The van der Waals surface area contributed by atoms with Gasteiger partial charge in [0, 0.05) is 61.2 Å². The van der Waals surface area contributed by atoms with Crippen molar-refractivity contribution in [3.05, 3.63) is 0 Å². The molecule has 0 N–H and O–H groups in total. The van der Waals surface area contributed by atoms with E-state index in [-0.39, 0.29) is 61.2 Å². The second-order valence-electron chi connectivity index (χ2n) is 0. The molecule has 0 bridgehead atoms. The average Bonchev–Trinajstić information content (AvgIpc) is 1.00. The van der Waals surface area contributed by atoms with Crippen LogP contribution in [0.1, 0.15) is 0 Å². The molecule has 0 nitrogen and oxygen atoms in total. The first-order valence-corrected chi connectivity index (χ1v) is 2.96. The van der Waals surface area contributed by atoms with Gasteiger partial charge in [-0.3, -0.25) is 0 Å². The van der Waals surface area contributed by atoms with Crippen molar-refractivity contribution in [2.45, 2.75) is 0 Å². The molecule has 0 heterocycles. The summed E-state index contributed by atoms with van der Waals surface area (Å²) in [6, 6.07) is 0. The molecule has 0 unspecified atom stereocenters. The van der Waals surface area contributed by atoms with Gasteiger partial charge in [0.1, 0.15) is 0 Å². The number of rotatable bonds is 0. The third kappa shape index (κ3) is 8.86. The Hall–Kier alpha value is 2.91. The third-order valence-electron chi connectivity index (χ3n) is 0. The van der Waals surface area contributed by atoms with Gasteiger partial charge in [-0.1, -0.05) is 0 Å². The molecule has 0 aromatic heterocycles. The Balaban J connectivity index is -0.00000000500. The van der Waals surface area contributed by atoms with Crippen LogP contribution in [-0.4, -0.2) is 0 Å². The van der Waals surface area contributed by atoms with Crippen LogP contribution in [-0.2, 0) is 37.5 Å². The van der Waals surface area contributed by atoms with Gasteiger partial charge < -0.3 is 0 Å². The molecule has 4 heteroatoms. The Bertz CT molecular complexity index is 8.00. The van der Waals surface area contributed by atoms with Gasteiger partial charge >= 0.3 is 27.8 Å². The zero-order valence-electron chi connectivity index (χ0n) is 1.65. The molecule has 0 aliphatic carbocycles. The van der Waals surface area contributed by atoms with Crippen LogP contribution in [0, 0.1) is 41.7 Å². The van der Waals surface area contributed by atoms with E-state index in [4.69, 9.17) is 0 Å². The first kappa shape index (κ1) is 15.8. The van der Waals surface area contributed by atoms with E-state index in [1.165, 1.54) is 18.0 Å². The van der Waals surface area contributed by atoms with E-state index in [9.17, 15) is 0 Å². The second-order valence-corrected chi connectivity index (χ2v) is 0. The molecule has 0 atom stereocenters. The van der Waals surface area contributed by atoms with Gasteiger partial charge in [0.15, 0.2) is 0 Å². The first-order valence-electron chi connectivity index (χ1n) is 0.167. The monoisotopic (exact) mass is 373 g/mol. The molecular formula is CeMoRhS. The standard InChI is InChI=1S/Ce.Mo.Rh.S. The van der Waals surface area contributed by atoms with Crippen LogP contribution in [0.15, 0.2) is 0 Å². The van der Waals surface area contributed by atoms with Crippen LogP contribution < -0.4 is 0 Å². The first-order chi connectivity index (χ1) is 1.00. The SMILES string of the molecule is [Ce].[Rh].[S]=[Mo]. The van der Waals surface area contributed by atoms with Gasteiger partial charge in [-0.05, 0) is 0 Å². The Labute approximate surface area is 87.0 Å². The van der Waals surface area contributed by atoms with Crippen molar-refractivity contribution in [2.24, 2.45) is 0 Å². The van der Waals surface area contributed by atoms with Gasteiger partial charge in [0.05, 0.1) is 0 Å². The van der Waals surface area contributed by atoms with E-state index >= 15 is 0 Å². The maximum atomic E-state index is 4.09. The van der Waals surface area contributed by atoms with E-state index in [0.29, 0.717) is 0 Å². The molecule has 0 aliphatic rings. The van der Waals surface area contributed by atoms with Crippen LogP contribution in [0.2, 0.25) is 0 Å². The molecule has 0 saturated carbocycles. The van der Waals surface area contributed by atoms with Crippen molar-refractivity contribution in [3.8, 4) is 0 Å². The molecule has 0 spiro atoms. The summed E-state index contributed by atoms with van der Waals surface area (Å²) < 4.78 is 0. The summed E-state index contributed by atoms with van der Waals surface area (Å²) in [4.78, 5) is 0. The minimum atomic E-state index is 0. The zero-order chi connectivity index (χ0) is 2.00. The van der Waals surface area contributed by atoms with Crippen LogP contribution in [0.25, 0.3) is 0 Å². The van der Waals surface area contributed by atoms with Crippen molar-refractivity contribution in [1.29, 1.82) is 0 Å². The van der Waals surface area contributed by atoms with Gasteiger partial charge in [-0.25, -0.2) is 0 Å². The molecule has 0 aromatic carbocycles. The molecule has 25 valence electrons. The Kier molecular flexibility index (Phi) is 66.4. The van der Waals surface area contributed by atoms with Crippen molar-refractivity contribution in [1.82, 2.24) is 0 Å². The molecule has 0 amide bonds. The molecule has 1 radical (unpaired) electrons. The molecule has 0 aromatic rings. The van der Waals surface area contributed by atoms with Gasteiger partial charge in [-0.2, -0.15) is 0 Å². The summed E-state index contributed by atoms with van der Waals surface area (Å²) in [5, 5.41) is 0. The molecule has 0 aliphatic heterocycles. The Morgan fingerprint density at radius 2 is 1.25 bits per heavy atom. The zero-order valence-corrected chi connectivity index (χ0v) is 9.25. The fourth-order valence-corrected chi connectivity index (χ4v) is 0. The van der Waals surface area contributed by atoms with Gasteiger partial charge in [-0.15, -0.1) is 0 Å². The Morgan fingerprint density at radius 3 is 1.25 bits per heavy atom. The van der Waals surface area contributed by atoms with Crippen LogP contribution in [0.3, 0.4) is 0 Å². The van der Waals surface area contributed by atoms with E-state index in [0.717, 1.165) is 0 Å². The minimum absolute atomic E-state index is 0. The predicted molar refractivity (Wildman–Crippen MR) is 7.59 cm³/mol. The number of hydrogen-bond acceptors (Lipinski definition) is 1. The normalized spacial score (nSPS) is 1.00. The summed E-state index contributed by atoms with van der Waals surface area (Å²) in [5.41, 5.74) is 0. The molecule has 0 saturated heterocycles. The maximum absolute atomic E-state index is 4.09. The summed E-state index contributed by atoms with van der Waals surface area (Å²) in [5.74, 6) is 0. The molecule has 4 heavy (non-hydrogen) atoms. The van der Waals surface area contributed by atoms with Crippen LogP contribution >= 0.6 is 9.82 Å². The molecular weight excluding hydrogens is 371 g/mol. The summed E-state index contributed by atoms with van der Waals surface area (Å²) >= 11 is 1.53. The van der Waals surface area contributed by atoms with Crippen molar-refractivity contribution < 1.29 is 79.2 Å². The van der Waals surface area contributed by atoms with Crippen LogP contribution in [0.5, 0.6) is 0 Å². The molecule has 0 rings (SSSR count). The van der Waals surface area contributed by atoms with Crippen LogP contribution in [0.4, 0.5) is 0 Å². The number of hydrogen-bond donors (Lipinski definition) is 0. The van der Waals surface area contributed by atoms with Crippen molar-refractivity contribution in [3.63, 3.8) is 0 Å². The fourth-order valence-electron chi connectivity index (χ4n) is 0. The average molecular weight is 371 g/mol. The second kappa shape index (κ2) is 16.8. The van der Waals surface area contributed by atoms with Gasteiger partial charge in [0.2, 0.25) is 0 Å². The van der Waals surface area contributed by atoms with Crippen molar-refractivity contribution >= 4 is 9.82 Å². The summed E-state index contributed by atoms with van der Waals surface area (Å²) in [6.07, 6.45) is 0. The van der Waals surface area contributed by atoms with E-state index in [2.05, 4.69) is 9.82 Å². The Morgan fingerprint density at radius 1 is 1.25 bits per heavy atom. The summed E-state index contributed by atoms with van der Waals surface area (Å²) in [6.45, 7) is 0. The quantitative estimate of drug-likeness (QED) is 0.564.